The number of nitriles is 1. The van der Waals surface area contributed by atoms with Gasteiger partial charge in [-0.05, 0) is 57.2 Å². The molecule has 2 fully saturated rings. The van der Waals surface area contributed by atoms with Crippen molar-refractivity contribution in [2.24, 2.45) is 0 Å². The van der Waals surface area contributed by atoms with E-state index in [-0.39, 0.29) is 17.8 Å². The molecule has 2 aliphatic rings. The number of nitrogens with zero attached hydrogens (tertiary/aromatic N) is 5. The van der Waals surface area contributed by atoms with Gasteiger partial charge in [0, 0.05) is 23.9 Å². The second-order valence-electron chi connectivity index (χ2n) is 8.91. The van der Waals surface area contributed by atoms with E-state index < -0.39 is 0 Å². The predicted molar refractivity (Wildman–Crippen MR) is 130 cm³/mol. The number of amides is 1. The maximum Gasteiger partial charge on any atom is 0.235 e. The van der Waals surface area contributed by atoms with Crippen LogP contribution in [-0.4, -0.2) is 43.7 Å². The molecule has 1 atom stereocenters. The fourth-order valence-corrected chi connectivity index (χ4v) is 5.21. The van der Waals surface area contributed by atoms with Crippen LogP contribution in [0.25, 0.3) is 5.69 Å². The summed E-state index contributed by atoms with van der Waals surface area (Å²) < 4.78 is 9.88. The van der Waals surface area contributed by atoms with Gasteiger partial charge in [-0.25, -0.2) is 0 Å². The van der Waals surface area contributed by atoms with E-state index in [1.54, 1.807) is 0 Å². The molecule has 9 heteroatoms. The van der Waals surface area contributed by atoms with Crippen molar-refractivity contribution < 1.29 is 9.53 Å². The molecule has 1 N–H and O–H groups in total. The SMILES string of the molecule is Cc1c(C#N)c(NC(=O)CSc2nnc(C3CC3)n2-c2ccccc2)n(C[C@@H]2CCCO2)c1C. The highest BCUT2D eigenvalue weighted by Gasteiger charge is 2.31. The second kappa shape index (κ2) is 9.65. The van der Waals surface area contributed by atoms with Crippen molar-refractivity contribution in [1.82, 2.24) is 19.3 Å². The molecule has 1 saturated heterocycles. The van der Waals surface area contributed by atoms with Gasteiger partial charge in [0.05, 0.1) is 24.0 Å². The number of anilines is 1. The zero-order chi connectivity index (χ0) is 23.7. The Morgan fingerprint density at radius 3 is 2.71 bits per heavy atom. The van der Waals surface area contributed by atoms with Crippen molar-refractivity contribution in [1.29, 1.82) is 5.26 Å². The summed E-state index contributed by atoms with van der Waals surface area (Å²) in [7, 11) is 0. The third-order valence-corrected chi connectivity index (χ3v) is 7.49. The summed E-state index contributed by atoms with van der Waals surface area (Å²) in [5.74, 6) is 1.94. The number of para-hydroxylation sites is 1. The molecule has 0 bridgehead atoms. The Morgan fingerprint density at radius 2 is 2.03 bits per heavy atom. The van der Waals surface area contributed by atoms with Crippen molar-refractivity contribution >= 4 is 23.5 Å². The van der Waals surface area contributed by atoms with Crippen LogP contribution in [0.4, 0.5) is 5.82 Å². The van der Waals surface area contributed by atoms with E-state index in [4.69, 9.17) is 4.74 Å². The third kappa shape index (κ3) is 4.48. The molecule has 0 unspecified atom stereocenters. The number of ether oxygens (including phenoxy) is 1. The topological polar surface area (TPSA) is 97.8 Å². The minimum absolute atomic E-state index is 0.104. The van der Waals surface area contributed by atoms with Gasteiger partial charge in [-0.1, -0.05) is 30.0 Å². The first-order chi connectivity index (χ1) is 16.6. The van der Waals surface area contributed by atoms with Crippen LogP contribution >= 0.6 is 11.8 Å². The Bertz CT molecular complexity index is 1230. The number of carbonyl (C=O) groups is 1. The average molecular weight is 477 g/mol. The van der Waals surface area contributed by atoms with Crippen molar-refractivity contribution in [2.45, 2.75) is 63.3 Å². The van der Waals surface area contributed by atoms with Gasteiger partial charge in [-0.3, -0.25) is 9.36 Å². The Balaban J connectivity index is 1.34. The van der Waals surface area contributed by atoms with Gasteiger partial charge in [-0.2, -0.15) is 5.26 Å². The van der Waals surface area contributed by atoms with Crippen LogP contribution in [0, 0.1) is 25.2 Å². The highest BCUT2D eigenvalue weighted by molar-refractivity contribution is 7.99. The number of aromatic nitrogens is 4. The van der Waals surface area contributed by atoms with Crippen LogP contribution in [0.5, 0.6) is 0 Å². The van der Waals surface area contributed by atoms with E-state index in [9.17, 15) is 10.1 Å². The summed E-state index contributed by atoms with van der Waals surface area (Å²) in [5.41, 5.74) is 3.38. The molecular weight excluding hydrogens is 448 g/mol. The van der Waals surface area contributed by atoms with Crippen LogP contribution in [0.1, 0.15) is 54.2 Å². The molecule has 5 rings (SSSR count). The fraction of sp³-hybridized carbons (Fsp3) is 0.440. The zero-order valence-electron chi connectivity index (χ0n) is 19.5. The number of hydrogen-bond donors (Lipinski definition) is 1. The molecule has 1 aliphatic heterocycles. The number of nitrogens with one attached hydrogen (secondary N) is 1. The first kappa shape index (κ1) is 22.7. The van der Waals surface area contributed by atoms with Crippen molar-refractivity contribution in [3.8, 4) is 11.8 Å². The fourth-order valence-electron chi connectivity index (χ4n) is 4.45. The molecule has 0 spiro atoms. The number of rotatable bonds is 8. The minimum atomic E-state index is -0.178. The summed E-state index contributed by atoms with van der Waals surface area (Å²) in [6, 6.07) is 12.3. The van der Waals surface area contributed by atoms with Crippen LogP contribution in [0.2, 0.25) is 0 Å². The summed E-state index contributed by atoms with van der Waals surface area (Å²) in [5, 5.41) is 22.3. The van der Waals surface area contributed by atoms with Crippen molar-refractivity contribution in [3.05, 3.63) is 53.0 Å². The summed E-state index contributed by atoms with van der Waals surface area (Å²) in [6.07, 6.45) is 4.37. The van der Waals surface area contributed by atoms with Gasteiger partial charge < -0.3 is 14.6 Å². The molecule has 0 radical (unpaired) electrons. The summed E-state index contributed by atoms with van der Waals surface area (Å²) >= 11 is 1.36. The maximum atomic E-state index is 13.0. The second-order valence-corrected chi connectivity index (χ2v) is 9.86. The van der Waals surface area contributed by atoms with Crippen molar-refractivity contribution in [2.75, 3.05) is 17.7 Å². The smallest absolute Gasteiger partial charge is 0.235 e. The van der Waals surface area contributed by atoms with Gasteiger partial charge in [0.25, 0.3) is 0 Å². The number of hydrogen-bond acceptors (Lipinski definition) is 6. The number of thioether (sulfide) groups is 1. The number of carbonyl (C=O) groups excluding carboxylic acids is 1. The highest BCUT2D eigenvalue weighted by atomic mass is 32.2. The molecule has 1 amide bonds. The standard InChI is InChI=1S/C25H28N6O2S/c1-16-17(2)30(14-20-9-6-12-33-20)24(21(16)13-26)27-22(32)15-34-25-29-28-23(18-10-11-18)31(25)19-7-4-3-5-8-19/h3-5,7-8,18,20H,6,9-12,14-15H2,1-2H3,(H,27,32)/t20-/m0/s1. The third-order valence-electron chi connectivity index (χ3n) is 6.56. The van der Waals surface area contributed by atoms with Gasteiger partial charge in [0.2, 0.25) is 5.91 Å². The van der Waals surface area contributed by atoms with Gasteiger partial charge in [-0.15, -0.1) is 10.2 Å². The van der Waals surface area contributed by atoms with Crippen molar-refractivity contribution in [3.63, 3.8) is 0 Å². The maximum absolute atomic E-state index is 13.0. The molecular formula is C25H28N6O2S. The molecule has 2 aromatic heterocycles. The quantitative estimate of drug-likeness (QED) is 0.486. The molecule has 34 heavy (non-hydrogen) atoms. The van der Waals surface area contributed by atoms with E-state index in [1.807, 2.05) is 48.7 Å². The first-order valence-electron chi connectivity index (χ1n) is 11.7. The molecule has 1 aromatic carbocycles. The average Bonchev–Trinajstić information content (AvgIpc) is 3.31. The first-order valence-corrected chi connectivity index (χ1v) is 12.7. The molecule has 3 aromatic rings. The molecule has 176 valence electrons. The van der Waals surface area contributed by atoms with E-state index in [2.05, 4.69) is 26.2 Å². The highest BCUT2D eigenvalue weighted by Crippen LogP contribution is 2.41. The van der Waals surface area contributed by atoms with E-state index in [0.717, 1.165) is 55.1 Å². The zero-order valence-corrected chi connectivity index (χ0v) is 20.3. The van der Waals surface area contributed by atoms with Gasteiger partial charge >= 0.3 is 0 Å². The lowest BCUT2D eigenvalue weighted by molar-refractivity contribution is -0.113. The van der Waals surface area contributed by atoms with E-state index >= 15 is 0 Å². The molecule has 3 heterocycles. The van der Waals surface area contributed by atoms with Gasteiger partial charge in [0.1, 0.15) is 17.7 Å². The Labute approximate surface area is 203 Å². The molecule has 1 aliphatic carbocycles. The van der Waals surface area contributed by atoms with Crippen LogP contribution in [-0.2, 0) is 16.1 Å². The Hall–Kier alpha value is -3.09. The summed E-state index contributed by atoms with van der Waals surface area (Å²) in [4.78, 5) is 13.0. The summed E-state index contributed by atoms with van der Waals surface area (Å²) in [6.45, 7) is 5.30. The van der Waals surface area contributed by atoms with Gasteiger partial charge in [0.15, 0.2) is 5.16 Å². The monoisotopic (exact) mass is 476 g/mol. The Kier molecular flexibility index (Phi) is 6.44. The van der Waals surface area contributed by atoms with Crippen LogP contribution < -0.4 is 5.32 Å². The van der Waals surface area contributed by atoms with E-state index in [0.29, 0.717) is 29.0 Å². The van der Waals surface area contributed by atoms with Crippen LogP contribution in [0.15, 0.2) is 35.5 Å². The molecule has 1 saturated carbocycles. The lowest BCUT2D eigenvalue weighted by Gasteiger charge is -2.17. The molecule has 8 nitrogen and oxygen atoms in total. The largest absolute Gasteiger partial charge is 0.376 e. The lowest BCUT2D eigenvalue weighted by atomic mass is 10.2. The normalized spacial score (nSPS) is 17.6. The minimum Gasteiger partial charge on any atom is -0.376 e. The Morgan fingerprint density at radius 1 is 1.24 bits per heavy atom. The van der Waals surface area contributed by atoms with Crippen LogP contribution in [0.3, 0.4) is 0 Å². The predicted octanol–water partition coefficient (Wildman–Crippen LogP) is 4.34. The lowest BCUT2D eigenvalue weighted by Crippen LogP contribution is -2.22. The number of benzene rings is 1. The van der Waals surface area contributed by atoms with E-state index in [1.165, 1.54) is 11.8 Å².